The summed E-state index contributed by atoms with van der Waals surface area (Å²) in [5.74, 6) is 0. The first-order valence-corrected chi connectivity index (χ1v) is 5.19. The normalized spacial score (nSPS) is 12.5. The third-order valence-corrected chi connectivity index (χ3v) is 2.58. The number of nitrogens with one attached hydrogen (secondary N) is 1. The van der Waals surface area contributed by atoms with Crippen LogP contribution >= 0.6 is 27.3 Å². The minimum atomic E-state index is 0.363. The number of halogens is 1. The van der Waals surface area contributed by atoms with Crippen LogP contribution in [0.15, 0.2) is 16.6 Å². The fraction of sp³-hybridized carbons (Fsp3) is 0.429. The highest BCUT2D eigenvalue weighted by Gasteiger charge is 2.03. The molecule has 0 radical (unpaired) electrons. The van der Waals surface area contributed by atoms with Crippen molar-refractivity contribution in [2.75, 3.05) is 5.32 Å². The maximum Gasteiger partial charge on any atom is 0.206 e. The van der Waals surface area contributed by atoms with Gasteiger partial charge in [-0.2, -0.15) is 0 Å². The van der Waals surface area contributed by atoms with E-state index in [1.165, 1.54) is 11.3 Å². The van der Waals surface area contributed by atoms with Gasteiger partial charge >= 0.3 is 0 Å². The molecule has 0 saturated heterocycles. The molecule has 0 aliphatic carbocycles. The zero-order valence-corrected chi connectivity index (χ0v) is 9.15. The van der Waals surface area contributed by atoms with Gasteiger partial charge in [0, 0.05) is 6.04 Å². The first-order valence-electron chi connectivity index (χ1n) is 3.59. The number of anilines is 1. The van der Waals surface area contributed by atoms with Crippen LogP contribution in [0.5, 0.6) is 0 Å². The van der Waals surface area contributed by atoms with Crippen LogP contribution in [-0.2, 0) is 0 Å². The second kappa shape index (κ2) is 4.57. The fourth-order valence-electron chi connectivity index (χ4n) is 0.783. The van der Waals surface area contributed by atoms with Crippen LogP contribution in [0, 0.1) is 0 Å². The highest BCUT2D eigenvalue weighted by molar-refractivity contribution is 9.11. The molecular weight excluding hydrogens is 238 g/mol. The molecule has 1 aromatic heterocycles. The van der Waals surface area contributed by atoms with E-state index in [1.807, 2.05) is 6.08 Å². The third-order valence-electron chi connectivity index (χ3n) is 1.29. The Kier molecular flexibility index (Phi) is 3.68. The highest BCUT2D eigenvalue weighted by atomic mass is 79.9. The van der Waals surface area contributed by atoms with Crippen LogP contribution in [0.1, 0.15) is 13.3 Å². The highest BCUT2D eigenvalue weighted by Crippen LogP contribution is 2.20. The van der Waals surface area contributed by atoms with Gasteiger partial charge < -0.3 is 5.32 Å². The lowest BCUT2D eigenvalue weighted by atomic mass is 10.2. The Morgan fingerprint density at radius 3 is 3.00 bits per heavy atom. The van der Waals surface area contributed by atoms with Gasteiger partial charge in [0.2, 0.25) is 5.13 Å². The van der Waals surface area contributed by atoms with Crippen LogP contribution in [0.2, 0.25) is 0 Å². The summed E-state index contributed by atoms with van der Waals surface area (Å²) < 4.78 is 0.802. The molecule has 0 amide bonds. The predicted molar refractivity (Wildman–Crippen MR) is 55.5 cm³/mol. The van der Waals surface area contributed by atoms with Gasteiger partial charge in [-0.25, -0.2) is 0 Å². The topological polar surface area (TPSA) is 37.8 Å². The van der Waals surface area contributed by atoms with E-state index < -0.39 is 0 Å². The van der Waals surface area contributed by atoms with E-state index in [9.17, 15) is 0 Å². The van der Waals surface area contributed by atoms with Crippen molar-refractivity contribution in [3.8, 4) is 0 Å². The molecule has 66 valence electrons. The Morgan fingerprint density at radius 1 is 1.75 bits per heavy atom. The summed E-state index contributed by atoms with van der Waals surface area (Å²) in [7, 11) is 0. The molecule has 1 rings (SSSR count). The van der Waals surface area contributed by atoms with Gasteiger partial charge in [-0.15, -0.1) is 16.8 Å². The number of hydrogen-bond donors (Lipinski definition) is 1. The second-order valence-electron chi connectivity index (χ2n) is 2.43. The minimum absolute atomic E-state index is 0.363. The Morgan fingerprint density at radius 2 is 2.50 bits per heavy atom. The smallest absolute Gasteiger partial charge is 0.206 e. The second-order valence-corrected chi connectivity index (χ2v) is 4.68. The van der Waals surface area contributed by atoms with Gasteiger partial charge in [0.1, 0.15) is 0 Å². The predicted octanol–water partition coefficient (Wildman–Crippen LogP) is 2.68. The van der Waals surface area contributed by atoms with Gasteiger partial charge in [0.25, 0.3) is 0 Å². The lowest BCUT2D eigenvalue weighted by molar-refractivity contribution is 0.808. The Bertz CT molecular complexity index is 261. The SMILES string of the molecule is C=CCC(C)Nc1nnc(Br)s1. The average molecular weight is 248 g/mol. The van der Waals surface area contributed by atoms with Crippen molar-refractivity contribution in [3.63, 3.8) is 0 Å². The van der Waals surface area contributed by atoms with Crippen molar-refractivity contribution in [3.05, 3.63) is 16.6 Å². The number of nitrogens with zero attached hydrogens (tertiary/aromatic N) is 2. The molecule has 1 aromatic rings. The van der Waals surface area contributed by atoms with E-state index in [-0.39, 0.29) is 0 Å². The number of hydrogen-bond acceptors (Lipinski definition) is 4. The summed E-state index contributed by atoms with van der Waals surface area (Å²) >= 11 is 4.74. The summed E-state index contributed by atoms with van der Waals surface area (Å²) in [6, 6.07) is 0.363. The van der Waals surface area contributed by atoms with Gasteiger partial charge in [0.15, 0.2) is 3.92 Å². The van der Waals surface area contributed by atoms with Crippen LogP contribution in [0.25, 0.3) is 0 Å². The summed E-state index contributed by atoms with van der Waals surface area (Å²) in [6.07, 6.45) is 2.81. The maximum absolute atomic E-state index is 3.91. The van der Waals surface area contributed by atoms with Gasteiger partial charge in [-0.1, -0.05) is 17.4 Å². The molecule has 5 heteroatoms. The lowest BCUT2D eigenvalue weighted by Crippen LogP contribution is -2.13. The summed E-state index contributed by atoms with van der Waals surface area (Å²) in [6.45, 7) is 5.75. The van der Waals surface area contributed by atoms with Crippen LogP contribution < -0.4 is 5.32 Å². The molecule has 12 heavy (non-hydrogen) atoms. The molecule has 1 heterocycles. The standard InChI is InChI=1S/C7H10BrN3S/c1-3-4-5(2)9-7-11-10-6(8)12-7/h3,5H,1,4H2,2H3,(H,9,11). The largest absolute Gasteiger partial charge is 0.357 e. The van der Waals surface area contributed by atoms with Crippen LogP contribution in [0.4, 0.5) is 5.13 Å². The average Bonchev–Trinajstić information content (AvgIpc) is 2.36. The van der Waals surface area contributed by atoms with E-state index >= 15 is 0 Å². The van der Waals surface area contributed by atoms with Crippen molar-refractivity contribution < 1.29 is 0 Å². The van der Waals surface area contributed by atoms with E-state index in [0.29, 0.717) is 6.04 Å². The summed E-state index contributed by atoms with van der Waals surface area (Å²) in [5.41, 5.74) is 0. The Balaban J connectivity index is 2.46. The first-order chi connectivity index (χ1) is 5.72. The molecule has 0 saturated carbocycles. The zero-order valence-electron chi connectivity index (χ0n) is 6.75. The molecule has 0 aliphatic rings. The zero-order chi connectivity index (χ0) is 8.97. The van der Waals surface area contributed by atoms with Crippen molar-refractivity contribution in [2.45, 2.75) is 19.4 Å². The molecule has 3 nitrogen and oxygen atoms in total. The molecular formula is C7H10BrN3S. The van der Waals surface area contributed by atoms with Gasteiger partial charge in [-0.3, -0.25) is 0 Å². The minimum Gasteiger partial charge on any atom is -0.357 e. The molecule has 0 fully saturated rings. The number of rotatable bonds is 4. The van der Waals surface area contributed by atoms with Crippen molar-refractivity contribution in [1.29, 1.82) is 0 Å². The van der Waals surface area contributed by atoms with Crippen LogP contribution in [0.3, 0.4) is 0 Å². The monoisotopic (exact) mass is 247 g/mol. The Hall–Kier alpha value is -0.420. The molecule has 0 aliphatic heterocycles. The lowest BCUT2D eigenvalue weighted by Gasteiger charge is -2.08. The van der Waals surface area contributed by atoms with E-state index in [0.717, 1.165) is 15.5 Å². The van der Waals surface area contributed by atoms with Gasteiger partial charge in [0.05, 0.1) is 0 Å². The van der Waals surface area contributed by atoms with Crippen molar-refractivity contribution >= 4 is 32.4 Å². The van der Waals surface area contributed by atoms with E-state index in [1.54, 1.807) is 0 Å². The number of aromatic nitrogens is 2. The first kappa shape index (κ1) is 9.67. The van der Waals surface area contributed by atoms with Crippen LogP contribution in [-0.4, -0.2) is 16.2 Å². The molecule has 1 N–H and O–H groups in total. The third kappa shape index (κ3) is 2.91. The Labute approximate surface area is 84.0 Å². The quantitative estimate of drug-likeness (QED) is 0.832. The summed E-state index contributed by atoms with van der Waals surface area (Å²) in [5, 5.41) is 11.8. The van der Waals surface area contributed by atoms with Crippen molar-refractivity contribution in [1.82, 2.24) is 10.2 Å². The molecule has 1 unspecified atom stereocenters. The molecule has 0 spiro atoms. The van der Waals surface area contributed by atoms with E-state index in [2.05, 4.69) is 44.9 Å². The van der Waals surface area contributed by atoms with Gasteiger partial charge in [-0.05, 0) is 29.3 Å². The molecule has 1 atom stereocenters. The fourth-order valence-corrected chi connectivity index (χ4v) is 1.91. The van der Waals surface area contributed by atoms with E-state index in [4.69, 9.17) is 0 Å². The summed E-state index contributed by atoms with van der Waals surface area (Å²) in [4.78, 5) is 0. The molecule has 0 aromatic carbocycles. The molecule has 0 bridgehead atoms. The van der Waals surface area contributed by atoms with Crippen molar-refractivity contribution in [2.24, 2.45) is 0 Å². The maximum atomic E-state index is 3.91.